The van der Waals surface area contributed by atoms with Crippen LogP contribution in [-0.2, 0) is 17.6 Å². The van der Waals surface area contributed by atoms with Crippen molar-refractivity contribution >= 4 is 5.91 Å². The summed E-state index contributed by atoms with van der Waals surface area (Å²) in [5, 5.41) is 2.78. The molecule has 0 saturated heterocycles. The number of fused-ring (bicyclic) bond motifs is 1. The topological polar surface area (TPSA) is 38.3 Å². The smallest absolute Gasteiger partial charge is 0.261 e. The molecule has 0 saturated carbocycles. The van der Waals surface area contributed by atoms with E-state index >= 15 is 0 Å². The second kappa shape index (κ2) is 7.13. The van der Waals surface area contributed by atoms with Crippen LogP contribution >= 0.6 is 0 Å². The molecule has 20 heavy (non-hydrogen) atoms. The molecule has 1 atom stereocenters. The van der Waals surface area contributed by atoms with E-state index in [4.69, 9.17) is 4.74 Å². The molecule has 0 radical (unpaired) electrons. The van der Waals surface area contributed by atoms with Gasteiger partial charge in [-0.05, 0) is 55.4 Å². The third-order valence-corrected chi connectivity index (χ3v) is 3.68. The lowest BCUT2D eigenvalue weighted by atomic mass is 9.92. The van der Waals surface area contributed by atoms with Crippen LogP contribution in [0.25, 0.3) is 0 Å². The van der Waals surface area contributed by atoms with Crippen molar-refractivity contribution in [1.29, 1.82) is 0 Å². The zero-order chi connectivity index (χ0) is 14.4. The first-order chi connectivity index (χ1) is 9.74. The number of carbonyl (C=O) groups excluding carboxylic acids is 1. The Morgan fingerprint density at radius 2 is 2.15 bits per heavy atom. The minimum absolute atomic E-state index is 0.0786. The summed E-state index contributed by atoms with van der Waals surface area (Å²) in [7, 11) is 0. The molecular formula is C17H23NO2. The molecule has 0 fully saturated rings. The normalized spacial score (nSPS) is 15.1. The lowest BCUT2D eigenvalue weighted by molar-refractivity contribution is -0.127. The molecule has 1 N–H and O–H groups in total. The molecule has 1 amide bonds. The van der Waals surface area contributed by atoms with E-state index in [-0.39, 0.29) is 5.91 Å². The average Bonchev–Trinajstić information content (AvgIpc) is 2.50. The van der Waals surface area contributed by atoms with Crippen LogP contribution in [0.15, 0.2) is 30.9 Å². The zero-order valence-electron chi connectivity index (χ0n) is 12.2. The summed E-state index contributed by atoms with van der Waals surface area (Å²) < 4.78 is 5.84. The van der Waals surface area contributed by atoms with Gasteiger partial charge in [0.1, 0.15) is 5.75 Å². The van der Waals surface area contributed by atoms with Crippen molar-refractivity contribution in [2.75, 3.05) is 6.54 Å². The number of carbonyl (C=O) groups is 1. The van der Waals surface area contributed by atoms with Gasteiger partial charge in [-0.3, -0.25) is 4.79 Å². The van der Waals surface area contributed by atoms with Crippen LogP contribution in [0.2, 0.25) is 0 Å². The van der Waals surface area contributed by atoms with E-state index in [9.17, 15) is 4.79 Å². The first kappa shape index (κ1) is 14.6. The van der Waals surface area contributed by atoms with E-state index in [1.54, 1.807) is 6.08 Å². The lowest BCUT2D eigenvalue weighted by Crippen LogP contribution is -2.38. The molecule has 3 heteroatoms. The second-order valence-electron chi connectivity index (χ2n) is 5.19. The zero-order valence-corrected chi connectivity index (χ0v) is 12.2. The fourth-order valence-corrected chi connectivity index (χ4v) is 2.56. The van der Waals surface area contributed by atoms with Gasteiger partial charge in [0.15, 0.2) is 6.10 Å². The Labute approximate surface area is 121 Å². The van der Waals surface area contributed by atoms with Gasteiger partial charge in [0.25, 0.3) is 5.91 Å². The van der Waals surface area contributed by atoms with Gasteiger partial charge in [-0.15, -0.1) is 6.58 Å². The molecule has 1 aliphatic carbocycles. The fourth-order valence-electron chi connectivity index (χ4n) is 2.56. The molecule has 0 aromatic heterocycles. The van der Waals surface area contributed by atoms with Crippen molar-refractivity contribution in [3.63, 3.8) is 0 Å². The largest absolute Gasteiger partial charge is 0.481 e. The minimum atomic E-state index is -0.434. The van der Waals surface area contributed by atoms with Crippen LogP contribution in [-0.4, -0.2) is 18.6 Å². The lowest BCUT2D eigenvalue weighted by Gasteiger charge is -2.20. The number of rotatable bonds is 6. The quantitative estimate of drug-likeness (QED) is 0.809. The number of aryl methyl sites for hydroxylation is 2. The van der Waals surface area contributed by atoms with Gasteiger partial charge < -0.3 is 10.1 Å². The Morgan fingerprint density at radius 1 is 1.40 bits per heavy atom. The van der Waals surface area contributed by atoms with E-state index in [1.165, 1.54) is 24.0 Å². The average molecular weight is 273 g/mol. The highest BCUT2D eigenvalue weighted by atomic mass is 16.5. The Kier molecular flexibility index (Phi) is 5.22. The van der Waals surface area contributed by atoms with Crippen molar-refractivity contribution in [3.8, 4) is 5.75 Å². The first-order valence-corrected chi connectivity index (χ1v) is 7.41. The number of ether oxygens (including phenoxy) is 1. The minimum Gasteiger partial charge on any atom is -0.481 e. The van der Waals surface area contributed by atoms with Crippen LogP contribution in [0.3, 0.4) is 0 Å². The first-order valence-electron chi connectivity index (χ1n) is 7.41. The molecule has 0 spiro atoms. The van der Waals surface area contributed by atoms with Crippen LogP contribution in [0.1, 0.15) is 37.3 Å². The maximum Gasteiger partial charge on any atom is 0.261 e. The monoisotopic (exact) mass is 273 g/mol. The summed E-state index contributed by atoms with van der Waals surface area (Å²) in [4.78, 5) is 11.9. The Morgan fingerprint density at radius 3 is 2.85 bits per heavy atom. The van der Waals surface area contributed by atoms with Crippen LogP contribution in [0.5, 0.6) is 5.75 Å². The summed E-state index contributed by atoms with van der Waals surface area (Å²) in [6, 6.07) is 6.21. The van der Waals surface area contributed by atoms with Gasteiger partial charge in [-0.1, -0.05) is 19.1 Å². The molecule has 1 aromatic rings. The van der Waals surface area contributed by atoms with Crippen LogP contribution in [0.4, 0.5) is 0 Å². The maximum absolute atomic E-state index is 11.9. The Hall–Kier alpha value is -1.77. The third kappa shape index (κ3) is 3.62. The van der Waals surface area contributed by atoms with Crippen LogP contribution < -0.4 is 10.1 Å². The summed E-state index contributed by atoms with van der Waals surface area (Å²) in [6.07, 6.45) is 6.68. The Bertz CT molecular complexity index is 482. The van der Waals surface area contributed by atoms with Crippen molar-refractivity contribution in [3.05, 3.63) is 42.0 Å². The molecule has 2 rings (SSSR count). The summed E-state index contributed by atoms with van der Waals surface area (Å²) in [6.45, 7) is 6.02. The molecule has 3 nitrogen and oxygen atoms in total. The Balaban J connectivity index is 2.03. The highest BCUT2D eigenvalue weighted by molar-refractivity contribution is 5.81. The highest BCUT2D eigenvalue weighted by Crippen LogP contribution is 2.26. The predicted molar refractivity (Wildman–Crippen MR) is 81.0 cm³/mol. The molecule has 1 aromatic carbocycles. The van der Waals surface area contributed by atoms with E-state index in [1.807, 2.05) is 13.0 Å². The van der Waals surface area contributed by atoms with Gasteiger partial charge >= 0.3 is 0 Å². The summed E-state index contributed by atoms with van der Waals surface area (Å²) >= 11 is 0. The SMILES string of the molecule is C=CCNC(=O)[C@@H](CC)Oc1ccc2c(c1)CCCC2. The molecule has 1 aliphatic rings. The highest BCUT2D eigenvalue weighted by Gasteiger charge is 2.18. The van der Waals surface area contributed by atoms with Crippen molar-refractivity contribution in [2.45, 2.75) is 45.1 Å². The maximum atomic E-state index is 11.9. The fraction of sp³-hybridized carbons (Fsp3) is 0.471. The number of hydrogen-bond donors (Lipinski definition) is 1. The molecule has 0 bridgehead atoms. The molecule has 0 heterocycles. The van der Waals surface area contributed by atoms with E-state index < -0.39 is 6.10 Å². The predicted octanol–water partition coefficient (Wildman–Crippen LogP) is 3.03. The van der Waals surface area contributed by atoms with Crippen molar-refractivity contribution in [1.82, 2.24) is 5.32 Å². The molecule has 0 aliphatic heterocycles. The van der Waals surface area contributed by atoms with E-state index in [0.29, 0.717) is 13.0 Å². The van der Waals surface area contributed by atoms with Crippen LogP contribution in [0, 0.1) is 0 Å². The summed E-state index contributed by atoms with van der Waals surface area (Å²) in [5.41, 5.74) is 2.79. The van der Waals surface area contributed by atoms with Gasteiger partial charge in [-0.25, -0.2) is 0 Å². The van der Waals surface area contributed by atoms with Crippen molar-refractivity contribution < 1.29 is 9.53 Å². The molecule has 108 valence electrons. The number of hydrogen-bond acceptors (Lipinski definition) is 2. The van der Waals surface area contributed by atoms with E-state index in [0.717, 1.165) is 18.6 Å². The number of nitrogens with one attached hydrogen (secondary N) is 1. The second-order valence-corrected chi connectivity index (χ2v) is 5.19. The van der Waals surface area contributed by atoms with Crippen molar-refractivity contribution in [2.24, 2.45) is 0 Å². The van der Waals surface area contributed by atoms with Gasteiger partial charge in [0.2, 0.25) is 0 Å². The number of amides is 1. The molecular weight excluding hydrogens is 250 g/mol. The third-order valence-electron chi connectivity index (χ3n) is 3.68. The number of benzene rings is 1. The van der Waals surface area contributed by atoms with Gasteiger partial charge in [0.05, 0.1) is 0 Å². The molecule has 0 unspecified atom stereocenters. The standard InChI is InChI=1S/C17H23NO2/c1-3-11-18-17(19)16(4-2)20-15-10-9-13-7-5-6-8-14(13)12-15/h3,9-10,12,16H,1,4-8,11H2,2H3,(H,18,19)/t16-/m1/s1. The van der Waals surface area contributed by atoms with E-state index in [2.05, 4.69) is 24.0 Å². The van der Waals surface area contributed by atoms with Gasteiger partial charge in [-0.2, -0.15) is 0 Å². The van der Waals surface area contributed by atoms with Gasteiger partial charge in [0, 0.05) is 6.54 Å². The summed E-state index contributed by atoms with van der Waals surface area (Å²) in [5.74, 6) is 0.719.